The van der Waals surface area contributed by atoms with Crippen LogP contribution in [0, 0.1) is 0 Å². The number of halogens is 1. The summed E-state index contributed by atoms with van der Waals surface area (Å²) in [5, 5.41) is 0. The SMILES string of the molecule is CCCCCCCC1=Cc2cc(Br)ccc2C1. The second-order valence-corrected chi connectivity index (χ2v) is 5.90. The topological polar surface area (TPSA) is 0 Å². The maximum absolute atomic E-state index is 3.54. The lowest BCUT2D eigenvalue weighted by Gasteiger charge is -2.02. The van der Waals surface area contributed by atoms with Crippen LogP contribution in [0.25, 0.3) is 6.08 Å². The van der Waals surface area contributed by atoms with Crippen molar-refractivity contribution in [3.63, 3.8) is 0 Å². The van der Waals surface area contributed by atoms with Crippen LogP contribution in [0.5, 0.6) is 0 Å². The normalized spacial score (nSPS) is 13.6. The molecule has 0 radical (unpaired) electrons. The highest BCUT2D eigenvalue weighted by Crippen LogP contribution is 2.30. The summed E-state index contributed by atoms with van der Waals surface area (Å²) in [6.07, 6.45) is 11.7. The van der Waals surface area contributed by atoms with Gasteiger partial charge in [-0.2, -0.15) is 0 Å². The van der Waals surface area contributed by atoms with Gasteiger partial charge in [0, 0.05) is 4.47 Å². The van der Waals surface area contributed by atoms with Crippen molar-refractivity contribution in [2.75, 3.05) is 0 Å². The first-order valence-electron chi connectivity index (χ1n) is 6.77. The Morgan fingerprint density at radius 1 is 1.12 bits per heavy atom. The molecule has 1 aliphatic rings. The second kappa shape index (κ2) is 6.39. The van der Waals surface area contributed by atoms with Gasteiger partial charge in [0.15, 0.2) is 0 Å². The van der Waals surface area contributed by atoms with E-state index in [4.69, 9.17) is 0 Å². The fraction of sp³-hybridized carbons (Fsp3) is 0.500. The summed E-state index contributed by atoms with van der Waals surface area (Å²) >= 11 is 3.54. The largest absolute Gasteiger partial charge is 0.0654 e. The molecule has 1 aliphatic carbocycles. The molecule has 2 rings (SSSR count). The maximum Gasteiger partial charge on any atom is 0.0181 e. The highest BCUT2D eigenvalue weighted by atomic mass is 79.9. The molecular formula is C16H21Br. The van der Waals surface area contributed by atoms with Crippen molar-refractivity contribution in [1.29, 1.82) is 0 Å². The number of benzene rings is 1. The minimum Gasteiger partial charge on any atom is -0.0654 e. The quantitative estimate of drug-likeness (QED) is 0.586. The third-order valence-corrected chi connectivity index (χ3v) is 3.98. The molecule has 1 heteroatoms. The van der Waals surface area contributed by atoms with Crippen LogP contribution in [0.1, 0.15) is 56.6 Å². The number of rotatable bonds is 6. The van der Waals surface area contributed by atoms with Gasteiger partial charge in [0.1, 0.15) is 0 Å². The van der Waals surface area contributed by atoms with Crippen LogP contribution in [-0.4, -0.2) is 0 Å². The zero-order chi connectivity index (χ0) is 12.1. The predicted molar refractivity (Wildman–Crippen MR) is 79.2 cm³/mol. The minimum atomic E-state index is 1.18. The Morgan fingerprint density at radius 2 is 1.94 bits per heavy atom. The summed E-state index contributed by atoms with van der Waals surface area (Å²) in [6.45, 7) is 2.27. The van der Waals surface area contributed by atoms with Gasteiger partial charge in [0.2, 0.25) is 0 Å². The highest BCUT2D eigenvalue weighted by Gasteiger charge is 2.11. The molecule has 0 spiro atoms. The Morgan fingerprint density at radius 3 is 2.76 bits per heavy atom. The summed E-state index contributed by atoms with van der Waals surface area (Å²) in [5.41, 5.74) is 4.54. The van der Waals surface area contributed by atoms with Crippen LogP contribution in [-0.2, 0) is 6.42 Å². The molecule has 17 heavy (non-hydrogen) atoms. The second-order valence-electron chi connectivity index (χ2n) is 4.99. The Hall–Kier alpha value is -0.560. The average Bonchev–Trinajstić information content (AvgIpc) is 2.70. The molecule has 0 N–H and O–H groups in total. The summed E-state index contributed by atoms with van der Waals surface area (Å²) in [5.74, 6) is 0. The Bertz CT molecular complexity index is 404. The molecule has 0 unspecified atom stereocenters. The molecule has 1 aromatic carbocycles. The predicted octanol–water partition coefficient (Wildman–Crippen LogP) is 5.75. The molecule has 0 aliphatic heterocycles. The highest BCUT2D eigenvalue weighted by molar-refractivity contribution is 9.10. The van der Waals surface area contributed by atoms with E-state index in [9.17, 15) is 0 Å². The zero-order valence-electron chi connectivity index (χ0n) is 10.6. The van der Waals surface area contributed by atoms with Crippen molar-refractivity contribution in [3.05, 3.63) is 39.4 Å². The molecule has 0 fully saturated rings. The van der Waals surface area contributed by atoms with E-state index < -0.39 is 0 Å². The molecule has 0 heterocycles. The number of fused-ring (bicyclic) bond motifs is 1. The van der Waals surface area contributed by atoms with Crippen LogP contribution in [0.2, 0.25) is 0 Å². The van der Waals surface area contributed by atoms with Gasteiger partial charge in [-0.3, -0.25) is 0 Å². The van der Waals surface area contributed by atoms with Crippen LogP contribution in [0.4, 0.5) is 0 Å². The van der Waals surface area contributed by atoms with E-state index in [-0.39, 0.29) is 0 Å². The lowest BCUT2D eigenvalue weighted by Crippen LogP contribution is -1.86. The Balaban J connectivity index is 1.80. The van der Waals surface area contributed by atoms with Crippen molar-refractivity contribution in [1.82, 2.24) is 0 Å². The summed E-state index contributed by atoms with van der Waals surface area (Å²) in [4.78, 5) is 0. The van der Waals surface area contributed by atoms with Crippen molar-refractivity contribution in [3.8, 4) is 0 Å². The van der Waals surface area contributed by atoms with Gasteiger partial charge >= 0.3 is 0 Å². The molecular weight excluding hydrogens is 272 g/mol. The fourth-order valence-electron chi connectivity index (χ4n) is 2.49. The van der Waals surface area contributed by atoms with Gasteiger partial charge in [-0.15, -0.1) is 0 Å². The van der Waals surface area contributed by atoms with Gasteiger partial charge in [0.25, 0.3) is 0 Å². The van der Waals surface area contributed by atoms with Gasteiger partial charge in [-0.05, 0) is 42.5 Å². The third-order valence-electron chi connectivity index (χ3n) is 3.49. The van der Waals surface area contributed by atoms with Crippen LogP contribution in [0.15, 0.2) is 28.2 Å². The number of hydrogen-bond acceptors (Lipinski definition) is 0. The number of allylic oxidation sites excluding steroid dienone is 1. The van der Waals surface area contributed by atoms with Crippen molar-refractivity contribution in [2.45, 2.75) is 51.9 Å². The number of unbranched alkanes of at least 4 members (excludes halogenated alkanes) is 4. The van der Waals surface area contributed by atoms with E-state index in [1.54, 1.807) is 5.57 Å². The smallest absolute Gasteiger partial charge is 0.0181 e. The first kappa shape index (κ1) is 12.9. The molecule has 0 bridgehead atoms. The van der Waals surface area contributed by atoms with E-state index in [0.717, 1.165) is 0 Å². The van der Waals surface area contributed by atoms with Gasteiger partial charge in [-0.25, -0.2) is 0 Å². The van der Waals surface area contributed by atoms with Crippen LogP contribution in [0.3, 0.4) is 0 Å². The van der Waals surface area contributed by atoms with Crippen LogP contribution >= 0.6 is 15.9 Å². The van der Waals surface area contributed by atoms with Crippen molar-refractivity contribution in [2.24, 2.45) is 0 Å². The molecule has 1 aromatic rings. The number of hydrogen-bond donors (Lipinski definition) is 0. The lowest BCUT2D eigenvalue weighted by atomic mass is 10.0. The Kier molecular flexibility index (Phi) is 4.85. The first-order chi connectivity index (χ1) is 8.29. The van der Waals surface area contributed by atoms with Gasteiger partial charge in [-0.1, -0.05) is 66.3 Å². The van der Waals surface area contributed by atoms with Crippen molar-refractivity contribution < 1.29 is 0 Å². The summed E-state index contributed by atoms with van der Waals surface area (Å²) in [6, 6.07) is 6.64. The molecule has 0 aromatic heterocycles. The maximum atomic E-state index is 3.54. The lowest BCUT2D eigenvalue weighted by molar-refractivity contribution is 0.629. The monoisotopic (exact) mass is 292 g/mol. The first-order valence-corrected chi connectivity index (χ1v) is 7.57. The summed E-state index contributed by atoms with van der Waals surface area (Å²) in [7, 11) is 0. The third kappa shape index (κ3) is 3.70. The molecule has 0 atom stereocenters. The van der Waals surface area contributed by atoms with E-state index in [1.165, 1.54) is 60.5 Å². The summed E-state index contributed by atoms with van der Waals surface area (Å²) < 4.78 is 1.19. The van der Waals surface area contributed by atoms with E-state index in [0.29, 0.717) is 0 Å². The van der Waals surface area contributed by atoms with Gasteiger partial charge in [0.05, 0.1) is 0 Å². The van der Waals surface area contributed by atoms with E-state index >= 15 is 0 Å². The Labute approximate surface area is 113 Å². The van der Waals surface area contributed by atoms with Crippen LogP contribution < -0.4 is 0 Å². The standard InChI is InChI=1S/C16H21Br/c1-2-3-4-5-6-7-13-10-14-8-9-16(17)12-15(14)11-13/h8-9,11-12H,2-7,10H2,1H3. The minimum absolute atomic E-state index is 1.18. The molecule has 0 amide bonds. The molecule has 92 valence electrons. The molecule has 0 nitrogen and oxygen atoms in total. The van der Waals surface area contributed by atoms with E-state index in [2.05, 4.69) is 47.1 Å². The molecule has 0 saturated heterocycles. The zero-order valence-corrected chi connectivity index (χ0v) is 12.2. The van der Waals surface area contributed by atoms with Gasteiger partial charge < -0.3 is 0 Å². The fourth-order valence-corrected chi connectivity index (χ4v) is 2.87. The average molecular weight is 293 g/mol. The van der Waals surface area contributed by atoms with E-state index in [1.807, 2.05) is 0 Å². The van der Waals surface area contributed by atoms with Crippen molar-refractivity contribution >= 4 is 22.0 Å². The molecule has 0 saturated carbocycles.